The molecule has 0 bridgehead atoms. The van der Waals surface area contributed by atoms with Crippen molar-refractivity contribution >= 4 is 15.9 Å². The lowest BCUT2D eigenvalue weighted by Crippen LogP contribution is -2.40. The Labute approximate surface area is 179 Å². The third kappa shape index (κ3) is 4.74. The third-order valence-electron chi connectivity index (χ3n) is 5.58. The van der Waals surface area contributed by atoms with E-state index in [0.717, 1.165) is 23.1 Å². The maximum atomic E-state index is 13.1. The van der Waals surface area contributed by atoms with Gasteiger partial charge in [-0.2, -0.15) is 4.31 Å². The van der Waals surface area contributed by atoms with Crippen molar-refractivity contribution in [1.29, 1.82) is 0 Å². The largest absolute Gasteiger partial charge is 0.379 e. The van der Waals surface area contributed by atoms with Gasteiger partial charge in [0.25, 0.3) is 5.91 Å². The number of carbonyl (C=O) groups excluding carboxylic acids is 1. The third-order valence-corrected chi connectivity index (χ3v) is 7.47. The smallest absolute Gasteiger partial charge is 0.252 e. The molecule has 0 saturated carbocycles. The molecule has 162 valence electrons. The summed E-state index contributed by atoms with van der Waals surface area (Å²) in [6.45, 7) is 9.33. The second kappa shape index (κ2) is 9.29. The minimum Gasteiger partial charge on any atom is -0.379 e. The molecule has 30 heavy (non-hydrogen) atoms. The van der Waals surface area contributed by atoms with Gasteiger partial charge < -0.3 is 10.1 Å². The van der Waals surface area contributed by atoms with Crippen LogP contribution in [0.1, 0.15) is 52.0 Å². The van der Waals surface area contributed by atoms with Crippen LogP contribution >= 0.6 is 0 Å². The SMILES string of the molecule is CC[C@H](NC(=O)c1cc(S(=O)(=O)N2CCOCC2)ccc1C)c1ccc(C)cc1C. The number of hydrogen-bond acceptors (Lipinski definition) is 4. The Morgan fingerprint density at radius 3 is 2.40 bits per heavy atom. The Bertz CT molecular complexity index is 1030. The molecule has 1 amide bonds. The molecule has 2 aromatic carbocycles. The first kappa shape index (κ1) is 22.5. The fraction of sp³-hybridized carbons (Fsp3) is 0.435. The molecule has 1 aliphatic heterocycles. The molecule has 2 aromatic rings. The van der Waals surface area contributed by atoms with Gasteiger partial charge in [-0.1, -0.05) is 36.8 Å². The summed E-state index contributed by atoms with van der Waals surface area (Å²) in [6, 6.07) is 10.8. The molecule has 1 aliphatic rings. The maximum absolute atomic E-state index is 13.1. The number of amides is 1. The predicted octanol–water partition coefficient (Wildman–Crippen LogP) is 3.51. The highest BCUT2D eigenvalue weighted by molar-refractivity contribution is 7.89. The fourth-order valence-electron chi connectivity index (χ4n) is 3.79. The molecule has 1 atom stereocenters. The van der Waals surface area contributed by atoms with Crippen LogP contribution < -0.4 is 5.32 Å². The number of nitrogens with zero attached hydrogens (tertiary/aromatic N) is 1. The first-order chi connectivity index (χ1) is 14.2. The van der Waals surface area contributed by atoms with Gasteiger partial charge in [-0.25, -0.2) is 8.42 Å². The van der Waals surface area contributed by atoms with Gasteiger partial charge in [0, 0.05) is 18.7 Å². The summed E-state index contributed by atoms with van der Waals surface area (Å²) >= 11 is 0. The van der Waals surface area contributed by atoms with Crippen molar-refractivity contribution in [2.45, 2.75) is 45.1 Å². The molecule has 7 heteroatoms. The van der Waals surface area contributed by atoms with E-state index in [9.17, 15) is 13.2 Å². The van der Waals surface area contributed by atoms with Gasteiger partial charge in [0.2, 0.25) is 10.0 Å². The Hall–Kier alpha value is -2.22. The van der Waals surface area contributed by atoms with E-state index in [2.05, 4.69) is 11.4 Å². The Kier molecular flexibility index (Phi) is 6.95. The van der Waals surface area contributed by atoms with Crippen molar-refractivity contribution in [1.82, 2.24) is 9.62 Å². The number of benzene rings is 2. The summed E-state index contributed by atoms with van der Waals surface area (Å²) in [5, 5.41) is 3.09. The molecular weight excluding hydrogens is 400 g/mol. The highest BCUT2D eigenvalue weighted by atomic mass is 32.2. The molecule has 3 rings (SSSR count). The number of aryl methyl sites for hydroxylation is 3. The predicted molar refractivity (Wildman–Crippen MR) is 117 cm³/mol. The van der Waals surface area contributed by atoms with Crippen LogP contribution in [0.5, 0.6) is 0 Å². The maximum Gasteiger partial charge on any atom is 0.252 e. The number of ether oxygens (including phenoxy) is 1. The molecule has 1 heterocycles. The van der Waals surface area contributed by atoms with Gasteiger partial charge in [0.05, 0.1) is 24.2 Å². The van der Waals surface area contributed by atoms with E-state index in [0.29, 0.717) is 31.9 Å². The highest BCUT2D eigenvalue weighted by Gasteiger charge is 2.27. The van der Waals surface area contributed by atoms with Crippen molar-refractivity contribution in [2.24, 2.45) is 0 Å². The molecule has 1 saturated heterocycles. The van der Waals surface area contributed by atoms with Crippen molar-refractivity contribution in [3.05, 3.63) is 64.2 Å². The van der Waals surface area contributed by atoms with Gasteiger partial charge in [-0.3, -0.25) is 4.79 Å². The summed E-state index contributed by atoms with van der Waals surface area (Å²) < 4.78 is 32.6. The van der Waals surface area contributed by atoms with Crippen molar-refractivity contribution < 1.29 is 17.9 Å². The topological polar surface area (TPSA) is 75.7 Å². The zero-order chi connectivity index (χ0) is 21.9. The molecular formula is C23H30N2O4S. The minimum absolute atomic E-state index is 0.139. The molecule has 1 fully saturated rings. The van der Waals surface area contributed by atoms with E-state index in [1.165, 1.54) is 15.9 Å². The van der Waals surface area contributed by atoms with Crippen molar-refractivity contribution in [2.75, 3.05) is 26.3 Å². The van der Waals surface area contributed by atoms with E-state index < -0.39 is 10.0 Å². The van der Waals surface area contributed by atoms with E-state index in [1.807, 2.05) is 39.8 Å². The van der Waals surface area contributed by atoms with Crippen LogP contribution in [-0.2, 0) is 14.8 Å². The Morgan fingerprint density at radius 2 is 1.77 bits per heavy atom. The normalized spacial score (nSPS) is 16.3. The molecule has 1 N–H and O–H groups in total. The lowest BCUT2D eigenvalue weighted by atomic mass is 9.97. The molecule has 0 spiro atoms. The monoisotopic (exact) mass is 430 g/mol. The van der Waals surface area contributed by atoms with E-state index in [-0.39, 0.29) is 16.8 Å². The quantitative estimate of drug-likeness (QED) is 0.761. The van der Waals surface area contributed by atoms with E-state index in [1.54, 1.807) is 12.1 Å². The van der Waals surface area contributed by atoms with Crippen LogP contribution in [0, 0.1) is 20.8 Å². The number of sulfonamides is 1. The van der Waals surface area contributed by atoms with Gasteiger partial charge in [0.1, 0.15) is 0 Å². The number of nitrogens with one attached hydrogen (secondary N) is 1. The van der Waals surface area contributed by atoms with Crippen molar-refractivity contribution in [3.8, 4) is 0 Å². The van der Waals surface area contributed by atoms with E-state index in [4.69, 9.17) is 4.74 Å². The Balaban J connectivity index is 1.87. The molecule has 6 nitrogen and oxygen atoms in total. The zero-order valence-electron chi connectivity index (χ0n) is 18.1. The zero-order valence-corrected chi connectivity index (χ0v) is 18.9. The van der Waals surface area contributed by atoms with Crippen LogP contribution in [0.3, 0.4) is 0 Å². The molecule has 0 radical (unpaired) electrons. The minimum atomic E-state index is -3.66. The lowest BCUT2D eigenvalue weighted by molar-refractivity contribution is 0.0730. The Morgan fingerprint density at radius 1 is 1.07 bits per heavy atom. The fourth-order valence-corrected chi connectivity index (χ4v) is 5.23. The second-order valence-corrected chi connectivity index (χ2v) is 9.73. The van der Waals surface area contributed by atoms with Crippen molar-refractivity contribution in [3.63, 3.8) is 0 Å². The number of hydrogen-bond donors (Lipinski definition) is 1. The van der Waals surface area contributed by atoms with Crippen LogP contribution in [-0.4, -0.2) is 44.9 Å². The second-order valence-electron chi connectivity index (χ2n) is 7.79. The number of carbonyl (C=O) groups is 1. The van der Waals surface area contributed by atoms with Gasteiger partial charge in [-0.15, -0.1) is 0 Å². The van der Waals surface area contributed by atoms with Crippen LogP contribution in [0.15, 0.2) is 41.3 Å². The molecule has 0 aliphatic carbocycles. The van der Waals surface area contributed by atoms with Crippen LogP contribution in [0.2, 0.25) is 0 Å². The molecule has 0 unspecified atom stereocenters. The van der Waals surface area contributed by atoms with Gasteiger partial charge in [-0.05, 0) is 56.0 Å². The first-order valence-corrected chi connectivity index (χ1v) is 11.7. The average molecular weight is 431 g/mol. The summed E-state index contributed by atoms with van der Waals surface area (Å²) in [6.07, 6.45) is 0.737. The number of rotatable bonds is 6. The standard InChI is InChI=1S/C23H30N2O4S/c1-5-22(20-9-6-16(2)14-18(20)4)24-23(26)21-15-19(8-7-17(21)3)30(27,28)25-10-12-29-13-11-25/h6-9,14-15,22H,5,10-13H2,1-4H3,(H,24,26)/t22-/m0/s1. The molecule has 0 aromatic heterocycles. The lowest BCUT2D eigenvalue weighted by Gasteiger charge is -2.26. The first-order valence-electron chi connectivity index (χ1n) is 10.3. The highest BCUT2D eigenvalue weighted by Crippen LogP contribution is 2.24. The van der Waals surface area contributed by atoms with Crippen LogP contribution in [0.25, 0.3) is 0 Å². The summed E-state index contributed by atoms with van der Waals surface area (Å²) in [5.74, 6) is -0.265. The van der Waals surface area contributed by atoms with Gasteiger partial charge >= 0.3 is 0 Å². The average Bonchev–Trinajstić information content (AvgIpc) is 2.73. The summed E-state index contributed by atoms with van der Waals surface area (Å²) in [4.78, 5) is 13.2. The van der Waals surface area contributed by atoms with E-state index >= 15 is 0 Å². The summed E-state index contributed by atoms with van der Waals surface area (Å²) in [5.41, 5.74) is 4.50. The van der Waals surface area contributed by atoms with Crippen LogP contribution in [0.4, 0.5) is 0 Å². The van der Waals surface area contributed by atoms with Gasteiger partial charge in [0.15, 0.2) is 0 Å². The summed E-state index contributed by atoms with van der Waals surface area (Å²) in [7, 11) is -3.66. The number of morpholine rings is 1.